The number of nitrogens with one attached hydrogen (secondary N) is 1. The second-order valence-corrected chi connectivity index (χ2v) is 10.3. The lowest BCUT2D eigenvalue weighted by Gasteiger charge is -2.26. The summed E-state index contributed by atoms with van der Waals surface area (Å²) in [6.45, 7) is 1.56. The normalized spacial score (nSPS) is 15.9. The summed E-state index contributed by atoms with van der Waals surface area (Å²) in [6.07, 6.45) is 0. The van der Waals surface area contributed by atoms with E-state index >= 15 is 0 Å². The van der Waals surface area contributed by atoms with Crippen molar-refractivity contribution < 1.29 is 26.3 Å². The summed E-state index contributed by atoms with van der Waals surface area (Å²) >= 11 is 5.76. The number of ether oxygens (including phenoxy) is 2. The smallest absolute Gasteiger partial charge is 0.243 e. The van der Waals surface area contributed by atoms with Gasteiger partial charge in [-0.1, -0.05) is 11.6 Å². The molecule has 0 saturated carbocycles. The van der Waals surface area contributed by atoms with Crippen LogP contribution in [0.3, 0.4) is 0 Å². The molecule has 1 saturated heterocycles. The molecule has 3 rings (SSSR count). The molecule has 2 aromatic rings. The van der Waals surface area contributed by atoms with E-state index in [0.717, 1.165) is 0 Å². The Hall–Kier alpha value is -1.69. The molecule has 1 heterocycles. The van der Waals surface area contributed by atoms with E-state index in [4.69, 9.17) is 21.1 Å². The number of hydrogen-bond donors (Lipinski definition) is 1. The Morgan fingerprint density at radius 2 is 1.52 bits per heavy atom. The predicted molar refractivity (Wildman–Crippen MR) is 108 cm³/mol. The molecule has 0 aliphatic carbocycles. The standard InChI is InChI=1S/C18H21ClN2O6S2/c19-15-1-5-17(6-2-15)28(22,23)20-9-12-27-16-3-7-18(8-4-16)29(24,25)21-10-13-26-14-11-21/h1-8,20H,9-14H2. The van der Waals surface area contributed by atoms with Gasteiger partial charge in [0.1, 0.15) is 12.4 Å². The third-order valence-electron chi connectivity index (χ3n) is 4.22. The number of hydrogen-bond acceptors (Lipinski definition) is 6. The maximum Gasteiger partial charge on any atom is 0.243 e. The SMILES string of the molecule is O=S(=O)(NCCOc1ccc(S(=O)(=O)N2CCOCC2)cc1)c1ccc(Cl)cc1. The van der Waals surface area contributed by atoms with Crippen LogP contribution < -0.4 is 9.46 Å². The molecule has 0 radical (unpaired) electrons. The van der Waals surface area contributed by atoms with Gasteiger partial charge in [-0.05, 0) is 48.5 Å². The van der Waals surface area contributed by atoms with Crippen molar-refractivity contribution in [2.24, 2.45) is 0 Å². The van der Waals surface area contributed by atoms with Crippen molar-refractivity contribution in [3.8, 4) is 5.75 Å². The van der Waals surface area contributed by atoms with Gasteiger partial charge in [-0.25, -0.2) is 21.6 Å². The molecule has 0 aromatic heterocycles. The minimum Gasteiger partial charge on any atom is -0.492 e. The average molecular weight is 461 g/mol. The van der Waals surface area contributed by atoms with E-state index in [1.165, 1.54) is 40.7 Å². The topological polar surface area (TPSA) is 102 Å². The molecule has 1 N–H and O–H groups in total. The molecular weight excluding hydrogens is 440 g/mol. The first-order valence-electron chi connectivity index (χ1n) is 8.85. The van der Waals surface area contributed by atoms with E-state index < -0.39 is 20.0 Å². The van der Waals surface area contributed by atoms with Crippen LogP contribution in [0.5, 0.6) is 5.75 Å². The molecule has 1 aliphatic rings. The van der Waals surface area contributed by atoms with Crippen molar-refractivity contribution in [1.82, 2.24) is 9.03 Å². The second kappa shape index (κ2) is 9.41. The van der Waals surface area contributed by atoms with Gasteiger partial charge in [0.2, 0.25) is 20.0 Å². The number of benzene rings is 2. The van der Waals surface area contributed by atoms with Gasteiger partial charge in [-0.3, -0.25) is 0 Å². The van der Waals surface area contributed by atoms with Gasteiger partial charge >= 0.3 is 0 Å². The van der Waals surface area contributed by atoms with Crippen LogP contribution in [0, 0.1) is 0 Å². The molecule has 29 heavy (non-hydrogen) atoms. The first kappa shape index (κ1) is 22.0. The molecule has 2 aromatic carbocycles. The Labute approximate surface area is 175 Å². The van der Waals surface area contributed by atoms with Crippen LogP contribution in [0.4, 0.5) is 0 Å². The molecule has 0 spiro atoms. The summed E-state index contributed by atoms with van der Waals surface area (Å²) in [7, 11) is -7.21. The monoisotopic (exact) mass is 460 g/mol. The van der Waals surface area contributed by atoms with Gasteiger partial charge in [-0.2, -0.15) is 4.31 Å². The largest absolute Gasteiger partial charge is 0.492 e. The van der Waals surface area contributed by atoms with E-state index in [9.17, 15) is 16.8 Å². The van der Waals surface area contributed by atoms with Crippen LogP contribution >= 0.6 is 11.6 Å². The van der Waals surface area contributed by atoms with Crippen LogP contribution in [-0.4, -0.2) is 60.6 Å². The zero-order valence-corrected chi connectivity index (χ0v) is 17.8. The van der Waals surface area contributed by atoms with E-state index in [1.54, 1.807) is 12.1 Å². The molecular formula is C18H21ClN2O6S2. The Balaban J connectivity index is 1.52. The maximum atomic E-state index is 12.6. The fourth-order valence-electron chi connectivity index (χ4n) is 2.69. The summed E-state index contributed by atoms with van der Waals surface area (Å²) in [5.41, 5.74) is 0. The number of rotatable bonds is 8. The molecule has 0 amide bonds. The Morgan fingerprint density at radius 3 is 2.14 bits per heavy atom. The Bertz CT molecular complexity index is 1020. The molecule has 0 bridgehead atoms. The van der Waals surface area contributed by atoms with E-state index in [-0.39, 0.29) is 22.9 Å². The summed E-state index contributed by atoms with van der Waals surface area (Å²) in [5.74, 6) is 0.441. The van der Waals surface area contributed by atoms with Crippen LogP contribution in [-0.2, 0) is 24.8 Å². The van der Waals surface area contributed by atoms with Gasteiger partial charge in [0.25, 0.3) is 0 Å². The Morgan fingerprint density at radius 1 is 0.931 bits per heavy atom. The van der Waals surface area contributed by atoms with E-state index in [2.05, 4.69) is 4.72 Å². The summed E-state index contributed by atoms with van der Waals surface area (Å²) in [4.78, 5) is 0.287. The van der Waals surface area contributed by atoms with Crippen LogP contribution in [0.15, 0.2) is 58.3 Å². The van der Waals surface area contributed by atoms with Gasteiger partial charge < -0.3 is 9.47 Å². The van der Waals surface area contributed by atoms with Crippen molar-refractivity contribution in [1.29, 1.82) is 0 Å². The molecule has 0 atom stereocenters. The highest BCUT2D eigenvalue weighted by Crippen LogP contribution is 2.20. The summed E-state index contributed by atoms with van der Waals surface area (Å²) in [6, 6.07) is 11.9. The van der Waals surface area contributed by atoms with Crippen molar-refractivity contribution in [3.05, 3.63) is 53.6 Å². The highest BCUT2D eigenvalue weighted by atomic mass is 35.5. The lowest BCUT2D eigenvalue weighted by molar-refractivity contribution is 0.0730. The minimum atomic E-state index is -3.65. The van der Waals surface area contributed by atoms with Crippen LogP contribution in [0.2, 0.25) is 5.02 Å². The fraction of sp³-hybridized carbons (Fsp3) is 0.333. The average Bonchev–Trinajstić information content (AvgIpc) is 2.72. The van der Waals surface area contributed by atoms with Crippen LogP contribution in [0.25, 0.3) is 0 Å². The highest BCUT2D eigenvalue weighted by molar-refractivity contribution is 7.89. The minimum absolute atomic E-state index is 0.0544. The lowest BCUT2D eigenvalue weighted by Crippen LogP contribution is -2.40. The molecule has 158 valence electrons. The van der Waals surface area contributed by atoms with Crippen LogP contribution in [0.1, 0.15) is 0 Å². The number of morpholine rings is 1. The van der Waals surface area contributed by atoms with E-state index in [1.807, 2.05) is 0 Å². The van der Waals surface area contributed by atoms with Crippen molar-refractivity contribution in [2.75, 3.05) is 39.5 Å². The van der Waals surface area contributed by atoms with E-state index in [0.29, 0.717) is 37.1 Å². The number of nitrogens with zero attached hydrogens (tertiary/aromatic N) is 1. The zero-order chi connectivity index (χ0) is 20.9. The van der Waals surface area contributed by atoms with Gasteiger partial charge in [-0.15, -0.1) is 0 Å². The van der Waals surface area contributed by atoms with Gasteiger partial charge in [0.05, 0.1) is 23.0 Å². The quantitative estimate of drug-likeness (QED) is 0.602. The maximum absolute atomic E-state index is 12.6. The van der Waals surface area contributed by atoms with Crippen molar-refractivity contribution in [3.63, 3.8) is 0 Å². The molecule has 1 aliphatic heterocycles. The third-order valence-corrected chi connectivity index (χ3v) is 7.86. The lowest BCUT2D eigenvalue weighted by atomic mass is 10.3. The van der Waals surface area contributed by atoms with Gasteiger partial charge in [0, 0.05) is 24.7 Å². The summed E-state index contributed by atoms with van der Waals surface area (Å²) in [5, 5.41) is 0.450. The van der Waals surface area contributed by atoms with Crippen molar-refractivity contribution in [2.45, 2.75) is 9.79 Å². The summed E-state index contributed by atoms with van der Waals surface area (Å²) < 4.78 is 64.0. The highest BCUT2D eigenvalue weighted by Gasteiger charge is 2.26. The zero-order valence-electron chi connectivity index (χ0n) is 15.5. The van der Waals surface area contributed by atoms with Crippen molar-refractivity contribution >= 4 is 31.6 Å². The second-order valence-electron chi connectivity index (χ2n) is 6.19. The number of sulfonamides is 2. The fourth-order valence-corrected chi connectivity index (χ4v) is 5.23. The predicted octanol–water partition coefficient (Wildman–Crippen LogP) is 1.72. The molecule has 11 heteroatoms. The number of halogens is 1. The molecule has 0 unspecified atom stereocenters. The van der Waals surface area contributed by atoms with Gasteiger partial charge in [0.15, 0.2) is 0 Å². The molecule has 8 nitrogen and oxygen atoms in total. The third kappa shape index (κ3) is 5.68. The Kier molecular flexibility index (Phi) is 7.14. The molecule has 1 fully saturated rings. The first-order chi connectivity index (χ1) is 13.8. The first-order valence-corrected chi connectivity index (χ1v) is 12.2.